The highest BCUT2D eigenvalue weighted by Gasteiger charge is 2.20. The van der Waals surface area contributed by atoms with Crippen LogP contribution in [0.1, 0.15) is 12.0 Å². The largest absolute Gasteiger partial charge is 0.480 e. The molecule has 2 amide bonds. The van der Waals surface area contributed by atoms with Crippen molar-refractivity contribution in [3.8, 4) is 6.07 Å². The third-order valence-electron chi connectivity index (χ3n) is 2.56. The van der Waals surface area contributed by atoms with Crippen molar-refractivity contribution in [2.24, 2.45) is 0 Å². The van der Waals surface area contributed by atoms with Gasteiger partial charge in [-0.25, -0.2) is 9.59 Å². The molecule has 7 nitrogen and oxygen atoms in total. The number of nitrogens with one attached hydrogen (secondary N) is 2. The summed E-state index contributed by atoms with van der Waals surface area (Å²) < 4.78 is 5.49. The molecule has 0 saturated carbocycles. The van der Waals surface area contributed by atoms with E-state index in [2.05, 4.69) is 26.6 Å². The Bertz CT molecular complexity index is 571. The van der Waals surface area contributed by atoms with E-state index in [1.807, 2.05) is 6.07 Å². The molecular formula is C13H14BrN3O4. The molecule has 8 heteroatoms. The number of carboxylic acids is 1. The number of hydrogen-bond donors (Lipinski definition) is 3. The van der Waals surface area contributed by atoms with Gasteiger partial charge < -0.3 is 20.5 Å². The maximum Gasteiger partial charge on any atom is 0.326 e. The van der Waals surface area contributed by atoms with Gasteiger partial charge in [0, 0.05) is 24.6 Å². The van der Waals surface area contributed by atoms with Gasteiger partial charge in [0.2, 0.25) is 0 Å². The number of rotatable bonds is 6. The monoisotopic (exact) mass is 355 g/mol. The molecule has 0 bridgehead atoms. The normalized spacial score (nSPS) is 11.3. The lowest BCUT2D eigenvalue weighted by atomic mass is 10.2. The lowest BCUT2D eigenvalue weighted by Crippen LogP contribution is -2.43. The van der Waals surface area contributed by atoms with Crippen LogP contribution >= 0.6 is 15.9 Å². The van der Waals surface area contributed by atoms with Crippen molar-refractivity contribution < 1.29 is 19.4 Å². The fourth-order valence-corrected chi connectivity index (χ4v) is 1.89. The number of benzene rings is 1. The Labute approximate surface area is 130 Å². The van der Waals surface area contributed by atoms with E-state index in [4.69, 9.17) is 15.1 Å². The van der Waals surface area contributed by atoms with Crippen LogP contribution in [0.5, 0.6) is 0 Å². The van der Waals surface area contributed by atoms with Crippen LogP contribution in [-0.2, 0) is 9.53 Å². The first-order chi connectivity index (χ1) is 9.97. The predicted molar refractivity (Wildman–Crippen MR) is 78.9 cm³/mol. The number of anilines is 1. The maximum absolute atomic E-state index is 11.8. The zero-order valence-electron chi connectivity index (χ0n) is 11.2. The van der Waals surface area contributed by atoms with E-state index in [1.165, 1.54) is 7.11 Å². The van der Waals surface area contributed by atoms with Crippen molar-refractivity contribution in [1.29, 1.82) is 5.26 Å². The van der Waals surface area contributed by atoms with Crippen LogP contribution in [0.2, 0.25) is 0 Å². The number of carbonyl (C=O) groups is 2. The number of halogens is 1. The summed E-state index contributed by atoms with van der Waals surface area (Å²) >= 11 is 3.22. The van der Waals surface area contributed by atoms with E-state index in [9.17, 15) is 9.59 Å². The van der Waals surface area contributed by atoms with E-state index < -0.39 is 18.0 Å². The molecule has 1 rings (SSSR count). The minimum Gasteiger partial charge on any atom is -0.480 e. The lowest BCUT2D eigenvalue weighted by molar-refractivity contribution is -0.139. The molecule has 0 aromatic heterocycles. The molecule has 1 aromatic rings. The quantitative estimate of drug-likeness (QED) is 0.721. The standard InChI is InChI=1S/C13H14BrN3O4/c1-21-5-4-11(12(18)19)17-13(20)16-10-3-2-9(14)6-8(10)7-15/h2-3,6,11H,4-5H2,1H3,(H,18,19)(H2,16,17,20). The number of carbonyl (C=O) groups excluding carboxylic acids is 1. The van der Waals surface area contributed by atoms with Crippen LogP contribution in [0.25, 0.3) is 0 Å². The number of urea groups is 1. The van der Waals surface area contributed by atoms with E-state index in [-0.39, 0.29) is 18.6 Å². The number of nitrogens with zero attached hydrogens (tertiary/aromatic N) is 1. The second-order valence-corrected chi connectivity index (χ2v) is 4.99. The number of ether oxygens (including phenoxy) is 1. The van der Waals surface area contributed by atoms with Crippen LogP contribution in [-0.4, -0.2) is 36.9 Å². The van der Waals surface area contributed by atoms with Crippen LogP contribution in [0, 0.1) is 11.3 Å². The predicted octanol–water partition coefficient (Wildman–Crippen LogP) is 1.93. The first kappa shape index (κ1) is 16.9. The van der Waals surface area contributed by atoms with Gasteiger partial charge in [0.1, 0.15) is 12.1 Å². The summed E-state index contributed by atoms with van der Waals surface area (Å²) in [5, 5.41) is 22.8. The van der Waals surface area contributed by atoms with Gasteiger partial charge in [0.25, 0.3) is 0 Å². The molecule has 21 heavy (non-hydrogen) atoms. The van der Waals surface area contributed by atoms with Crippen molar-refractivity contribution in [3.05, 3.63) is 28.2 Å². The smallest absolute Gasteiger partial charge is 0.326 e. The Kier molecular flexibility index (Phi) is 6.65. The number of methoxy groups -OCH3 is 1. The number of amides is 2. The summed E-state index contributed by atoms with van der Waals surface area (Å²) in [4.78, 5) is 22.8. The fraction of sp³-hybridized carbons (Fsp3) is 0.308. The summed E-state index contributed by atoms with van der Waals surface area (Å²) in [7, 11) is 1.44. The second-order valence-electron chi connectivity index (χ2n) is 4.07. The highest BCUT2D eigenvalue weighted by molar-refractivity contribution is 9.10. The van der Waals surface area contributed by atoms with Gasteiger partial charge in [0.15, 0.2) is 0 Å². The molecular weight excluding hydrogens is 342 g/mol. The molecule has 0 saturated heterocycles. The number of carboxylic acid groups (broad SMARTS) is 1. The zero-order valence-corrected chi connectivity index (χ0v) is 12.8. The number of hydrogen-bond acceptors (Lipinski definition) is 4. The molecule has 112 valence electrons. The minimum absolute atomic E-state index is 0.144. The highest BCUT2D eigenvalue weighted by atomic mass is 79.9. The van der Waals surface area contributed by atoms with Crippen molar-refractivity contribution in [2.45, 2.75) is 12.5 Å². The van der Waals surface area contributed by atoms with Crippen molar-refractivity contribution in [2.75, 3.05) is 19.0 Å². The first-order valence-electron chi connectivity index (χ1n) is 5.96. The van der Waals surface area contributed by atoms with Crippen LogP contribution in [0.3, 0.4) is 0 Å². The molecule has 0 spiro atoms. The van der Waals surface area contributed by atoms with Crippen molar-refractivity contribution in [1.82, 2.24) is 5.32 Å². The van der Waals surface area contributed by atoms with Gasteiger partial charge in [-0.05, 0) is 18.2 Å². The first-order valence-corrected chi connectivity index (χ1v) is 6.76. The van der Waals surface area contributed by atoms with Crippen molar-refractivity contribution >= 4 is 33.6 Å². The van der Waals surface area contributed by atoms with E-state index >= 15 is 0 Å². The molecule has 1 aromatic carbocycles. The molecule has 1 atom stereocenters. The summed E-state index contributed by atoms with van der Waals surface area (Å²) in [6.45, 7) is 0.207. The molecule has 0 heterocycles. The molecule has 3 N–H and O–H groups in total. The number of aliphatic carboxylic acids is 1. The van der Waals surface area contributed by atoms with Gasteiger partial charge in [0.05, 0.1) is 11.3 Å². The Morgan fingerprint density at radius 2 is 2.24 bits per heavy atom. The third kappa shape index (κ3) is 5.41. The zero-order chi connectivity index (χ0) is 15.8. The van der Waals surface area contributed by atoms with Gasteiger partial charge in [-0.2, -0.15) is 5.26 Å². The van der Waals surface area contributed by atoms with Crippen LogP contribution in [0.15, 0.2) is 22.7 Å². The summed E-state index contributed by atoms with van der Waals surface area (Å²) in [6.07, 6.45) is 0.144. The maximum atomic E-state index is 11.8. The van der Waals surface area contributed by atoms with Gasteiger partial charge in [-0.1, -0.05) is 15.9 Å². The average molecular weight is 356 g/mol. The molecule has 0 aliphatic heterocycles. The van der Waals surface area contributed by atoms with Gasteiger partial charge in [-0.15, -0.1) is 0 Å². The van der Waals surface area contributed by atoms with Crippen LogP contribution < -0.4 is 10.6 Å². The molecule has 1 unspecified atom stereocenters. The lowest BCUT2D eigenvalue weighted by Gasteiger charge is -2.15. The van der Waals surface area contributed by atoms with Gasteiger partial charge in [-0.3, -0.25) is 0 Å². The molecule has 0 aliphatic carbocycles. The number of nitriles is 1. The Morgan fingerprint density at radius 1 is 1.52 bits per heavy atom. The Balaban J connectivity index is 2.72. The van der Waals surface area contributed by atoms with E-state index in [1.54, 1.807) is 18.2 Å². The average Bonchev–Trinajstić information content (AvgIpc) is 2.44. The van der Waals surface area contributed by atoms with E-state index in [0.717, 1.165) is 0 Å². The third-order valence-corrected chi connectivity index (χ3v) is 3.06. The summed E-state index contributed by atoms with van der Waals surface area (Å²) in [5.41, 5.74) is 0.567. The second kappa shape index (κ2) is 8.24. The van der Waals surface area contributed by atoms with Gasteiger partial charge >= 0.3 is 12.0 Å². The van der Waals surface area contributed by atoms with Crippen LogP contribution in [0.4, 0.5) is 10.5 Å². The summed E-state index contributed by atoms with van der Waals surface area (Å²) in [5.74, 6) is -1.15. The topological polar surface area (TPSA) is 111 Å². The Hall–Kier alpha value is -2.11. The SMILES string of the molecule is COCCC(NC(=O)Nc1ccc(Br)cc1C#N)C(=O)O. The fourth-order valence-electron chi connectivity index (χ4n) is 1.53. The molecule has 0 aliphatic rings. The summed E-state index contributed by atoms with van der Waals surface area (Å²) in [6, 6.07) is 4.94. The van der Waals surface area contributed by atoms with E-state index in [0.29, 0.717) is 10.2 Å². The highest BCUT2D eigenvalue weighted by Crippen LogP contribution is 2.20. The van der Waals surface area contributed by atoms with Crippen molar-refractivity contribution in [3.63, 3.8) is 0 Å². The molecule has 0 fully saturated rings. The Morgan fingerprint density at radius 3 is 2.81 bits per heavy atom. The molecule has 0 radical (unpaired) electrons. The minimum atomic E-state index is -1.15.